The number of likely N-dealkylation sites (N-methyl/N-ethyl adjacent to an activating group) is 1. The van der Waals surface area contributed by atoms with Crippen LogP contribution in [0.4, 0.5) is 5.69 Å². The summed E-state index contributed by atoms with van der Waals surface area (Å²) in [4.78, 5) is 28.7. The van der Waals surface area contributed by atoms with Crippen LogP contribution >= 0.6 is 15.9 Å². The van der Waals surface area contributed by atoms with E-state index in [1.54, 1.807) is 29.2 Å². The van der Waals surface area contributed by atoms with Crippen molar-refractivity contribution in [1.29, 1.82) is 0 Å². The molecule has 1 atom stereocenters. The van der Waals surface area contributed by atoms with Crippen molar-refractivity contribution < 1.29 is 22.7 Å². The molecule has 0 saturated heterocycles. The summed E-state index contributed by atoms with van der Waals surface area (Å²) in [6.07, 6.45) is 1.85. The van der Waals surface area contributed by atoms with E-state index in [1.165, 1.54) is 4.31 Å². The smallest absolute Gasteiger partial charge is 0.243 e. The summed E-state index contributed by atoms with van der Waals surface area (Å²) in [6.45, 7) is 5.03. The lowest BCUT2D eigenvalue weighted by Crippen LogP contribution is -2.50. The molecule has 0 unspecified atom stereocenters. The van der Waals surface area contributed by atoms with E-state index >= 15 is 0 Å². The van der Waals surface area contributed by atoms with Crippen LogP contribution in [-0.2, 0) is 32.6 Å². The lowest BCUT2D eigenvalue weighted by atomic mass is 10.0. The number of nitrogens with zero attached hydrogens (tertiary/aromatic N) is 2. The third-order valence-corrected chi connectivity index (χ3v) is 8.14. The van der Waals surface area contributed by atoms with Crippen LogP contribution in [-0.4, -0.2) is 57.1 Å². The minimum atomic E-state index is -3.59. The van der Waals surface area contributed by atoms with Crippen molar-refractivity contribution in [2.24, 2.45) is 0 Å². The summed E-state index contributed by atoms with van der Waals surface area (Å²) < 4.78 is 32.9. The number of hydrogen-bond acceptors (Lipinski definition) is 5. The van der Waals surface area contributed by atoms with Gasteiger partial charge in [-0.25, -0.2) is 8.42 Å². The monoisotopic (exact) mass is 643 g/mol. The van der Waals surface area contributed by atoms with E-state index in [0.29, 0.717) is 31.0 Å². The second-order valence-corrected chi connectivity index (χ2v) is 12.4. The van der Waals surface area contributed by atoms with Gasteiger partial charge in [-0.05, 0) is 67.8 Å². The predicted molar refractivity (Wildman–Crippen MR) is 166 cm³/mol. The van der Waals surface area contributed by atoms with Crippen molar-refractivity contribution in [2.45, 2.75) is 45.7 Å². The molecule has 3 aromatic carbocycles. The highest BCUT2D eigenvalue weighted by Crippen LogP contribution is 2.23. The Hall–Kier alpha value is -3.37. The van der Waals surface area contributed by atoms with Crippen LogP contribution in [0.1, 0.15) is 37.8 Å². The van der Waals surface area contributed by atoms with E-state index in [9.17, 15) is 18.0 Å². The Balaban J connectivity index is 1.84. The molecule has 3 rings (SSSR count). The summed E-state index contributed by atoms with van der Waals surface area (Å²) >= 11 is 3.49. The first-order chi connectivity index (χ1) is 19.6. The van der Waals surface area contributed by atoms with Crippen LogP contribution in [0.3, 0.4) is 0 Å². The predicted octanol–water partition coefficient (Wildman–Crippen LogP) is 5.17. The van der Waals surface area contributed by atoms with Crippen LogP contribution in [0.15, 0.2) is 83.3 Å². The summed E-state index contributed by atoms with van der Waals surface area (Å²) in [5.41, 5.74) is 2.32. The molecule has 2 amide bonds. The standard InChI is InChI=1S/C31H38BrN3O5S/c1-4-33-31(37)29(22-24-11-7-6-8-12-24)34(23-25-13-9-14-26(32)21-25)30(36)15-10-20-35(41(3,38)39)27-16-18-28(19-17-27)40-5-2/h6-9,11-14,16-19,21,29H,4-5,10,15,20,22-23H2,1-3H3,(H,33,37)/t29-/m0/s1. The van der Waals surface area contributed by atoms with E-state index in [-0.39, 0.29) is 37.7 Å². The van der Waals surface area contributed by atoms with Gasteiger partial charge in [-0.15, -0.1) is 0 Å². The molecule has 0 aromatic heterocycles. The van der Waals surface area contributed by atoms with Gasteiger partial charge in [0.25, 0.3) is 0 Å². The van der Waals surface area contributed by atoms with Gasteiger partial charge in [0, 0.05) is 36.9 Å². The van der Waals surface area contributed by atoms with Crippen molar-refractivity contribution >= 4 is 43.5 Å². The average Bonchev–Trinajstić information content (AvgIpc) is 2.94. The summed E-state index contributed by atoms with van der Waals surface area (Å²) in [5.74, 6) is 0.196. The molecule has 3 aromatic rings. The zero-order chi connectivity index (χ0) is 29.8. The molecule has 0 fully saturated rings. The fraction of sp³-hybridized carbons (Fsp3) is 0.355. The molecule has 1 N–H and O–H groups in total. The summed E-state index contributed by atoms with van der Waals surface area (Å²) in [6, 6.07) is 23.3. The van der Waals surface area contributed by atoms with Crippen molar-refractivity contribution in [3.63, 3.8) is 0 Å². The normalized spacial score (nSPS) is 11.9. The zero-order valence-corrected chi connectivity index (χ0v) is 26.2. The number of benzene rings is 3. The first-order valence-electron chi connectivity index (χ1n) is 13.7. The van der Waals surface area contributed by atoms with Crippen LogP contribution in [0.25, 0.3) is 0 Å². The molecule has 0 heterocycles. The van der Waals surface area contributed by atoms with Crippen LogP contribution in [0.5, 0.6) is 5.75 Å². The molecule has 41 heavy (non-hydrogen) atoms. The maximum absolute atomic E-state index is 13.8. The van der Waals surface area contributed by atoms with Crippen molar-refractivity contribution in [3.8, 4) is 5.75 Å². The second-order valence-electron chi connectivity index (χ2n) is 9.62. The van der Waals surface area contributed by atoms with Gasteiger partial charge in [-0.2, -0.15) is 0 Å². The lowest BCUT2D eigenvalue weighted by Gasteiger charge is -2.32. The molecular formula is C31H38BrN3O5S. The molecule has 0 bridgehead atoms. The molecule has 0 aliphatic carbocycles. The Labute approximate surface area is 251 Å². The van der Waals surface area contributed by atoms with Gasteiger partial charge in [0.05, 0.1) is 18.6 Å². The number of rotatable bonds is 15. The highest BCUT2D eigenvalue weighted by Gasteiger charge is 2.30. The number of nitrogens with one attached hydrogen (secondary N) is 1. The number of hydrogen-bond donors (Lipinski definition) is 1. The third-order valence-electron chi connectivity index (χ3n) is 6.45. The molecule has 0 radical (unpaired) electrons. The maximum atomic E-state index is 13.8. The first kappa shape index (κ1) is 32.1. The van der Waals surface area contributed by atoms with Crippen LogP contribution in [0.2, 0.25) is 0 Å². The largest absolute Gasteiger partial charge is 0.494 e. The molecule has 220 valence electrons. The molecule has 0 saturated carbocycles. The van der Waals surface area contributed by atoms with E-state index in [1.807, 2.05) is 68.4 Å². The van der Waals surface area contributed by atoms with Crippen LogP contribution < -0.4 is 14.4 Å². The molecular weight excluding hydrogens is 606 g/mol. The topological polar surface area (TPSA) is 96.0 Å². The lowest BCUT2D eigenvalue weighted by molar-refractivity contribution is -0.141. The molecule has 8 nitrogen and oxygen atoms in total. The SMILES string of the molecule is CCNC(=O)[C@H](Cc1ccccc1)N(Cc1cccc(Br)c1)C(=O)CCCN(c1ccc(OCC)cc1)S(C)(=O)=O. The van der Waals surface area contributed by atoms with Gasteiger partial charge < -0.3 is 15.0 Å². The van der Waals surface area contributed by atoms with Crippen molar-refractivity contribution in [3.05, 3.63) is 94.5 Å². The van der Waals surface area contributed by atoms with E-state index in [0.717, 1.165) is 21.9 Å². The van der Waals surface area contributed by atoms with Crippen molar-refractivity contribution in [2.75, 3.05) is 30.3 Å². The number of carbonyl (C=O) groups excluding carboxylic acids is 2. The fourth-order valence-electron chi connectivity index (χ4n) is 4.56. The highest BCUT2D eigenvalue weighted by atomic mass is 79.9. The maximum Gasteiger partial charge on any atom is 0.243 e. The first-order valence-corrected chi connectivity index (χ1v) is 16.3. The van der Waals surface area contributed by atoms with Gasteiger partial charge in [-0.1, -0.05) is 58.4 Å². The van der Waals surface area contributed by atoms with Gasteiger partial charge in [0.2, 0.25) is 21.8 Å². The number of carbonyl (C=O) groups is 2. The Kier molecular flexibility index (Phi) is 12.2. The Morgan fingerprint density at radius 3 is 2.24 bits per heavy atom. The third kappa shape index (κ3) is 9.89. The van der Waals surface area contributed by atoms with Gasteiger partial charge in [0.1, 0.15) is 11.8 Å². The number of ether oxygens (including phenoxy) is 1. The Morgan fingerprint density at radius 1 is 0.951 bits per heavy atom. The van der Waals surface area contributed by atoms with E-state index in [2.05, 4.69) is 21.2 Å². The highest BCUT2D eigenvalue weighted by molar-refractivity contribution is 9.10. The molecule has 0 aliphatic heterocycles. The van der Waals surface area contributed by atoms with Crippen molar-refractivity contribution in [1.82, 2.24) is 10.2 Å². The quantitative estimate of drug-likeness (QED) is 0.247. The van der Waals surface area contributed by atoms with Gasteiger partial charge in [0.15, 0.2) is 0 Å². The Bertz CT molecular complexity index is 1380. The minimum absolute atomic E-state index is 0.0712. The Morgan fingerprint density at radius 2 is 1.63 bits per heavy atom. The fourth-order valence-corrected chi connectivity index (χ4v) is 5.97. The molecule has 0 aliphatic rings. The average molecular weight is 645 g/mol. The van der Waals surface area contributed by atoms with E-state index < -0.39 is 16.1 Å². The number of amides is 2. The number of anilines is 1. The number of sulfonamides is 1. The molecule has 10 heteroatoms. The van der Waals surface area contributed by atoms with E-state index in [4.69, 9.17) is 4.74 Å². The van der Waals surface area contributed by atoms with Gasteiger partial charge >= 0.3 is 0 Å². The van der Waals surface area contributed by atoms with Crippen LogP contribution in [0, 0.1) is 0 Å². The number of halogens is 1. The zero-order valence-electron chi connectivity index (χ0n) is 23.8. The molecule has 0 spiro atoms. The second kappa shape index (κ2) is 15.6. The summed E-state index contributed by atoms with van der Waals surface area (Å²) in [5, 5.41) is 2.89. The minimum Gasteiger partial charge on any atom is -0.494 e. The van der Waals surface area contributed by atoms with Gasteiger partial charge in [-0.3, -0.25) is 13.9 Å². The summed E-state index contributed by atoms with van der Waals surface area (Å²) in [7, 11) is -3.59.